The van der Waals surface area contributed by atoms with E-state index in [-0.39, 0.29) is 18.0 Å². The quantitative estimate of drug-likeness (QED) is 0.889. The molecule has 2 heterocycles. The molecule has 2 aromatic rings. The smallest absolute Gasteiger partial charge is 0.246 e. The van der Waals surface area contributed by atoms with E-state index in [2.05, 4.69) is 33.9 Å². The van der Waals surface area contributed by atoms with Crippen molar-refractivity contribution in [2.24, 2.45) is 0 Å². The molecular formula is C18H17N3O. The minimum atomic E-state index is -0.244. The fraction of sp³-hybridized carbons (Fsp3) is 0.167. The summed E-state index contributed by atoms with van der Waals surface area (Å²) in [6, 6.07) is 20.0. The van der Waals surface area contributed by atoms with Crippen molar-refractivity contribution in [3.05, 3.63) is 72.4 Å². The Morgan fingerprint density at radius 3 is 2.36 bits per heavy atom. The average Bonchev–Trinajstić information content (AvgIpc) is 2.98. The first-order valence-electron chi connectivity index (χ1n) is 7.46. The number of fused-ring (bicyclic) bond motifs is 1. The van der Waals surface area contributed by atoms with E-state index in [4.69, 9.17) is 0 Å². The molecule has 22 heavy (non-hydrogen) atoms. The molecule has 0 radical (unpaired) electrons. The zero-order chi connectivity index (χ0) is 14.9. The van der Waals surface area contributed by atoms with Crippen molar-refractivity contribution in [1.29, 1.82) is 0 Å². The molecule has 4 rings (SSSR count). The molecule has 0 saturated carbocycles. The van der Waals surface area contributed by atoms with Crippen molar-refractivity contribution in [3.8, 4) is 0 Å². The number of anilines is 1. The Morgan fingerprint density at radius 2 is 1.64 bits per heavy atom. The molecule has 2 unspecified atom stereocenters. The van der Waals surface area contributed by atoms with Gasteiger partial charge in [-0.15, -0.1) is 0 Å². The van der Waals surface area contributed by atoms with Gasteiger partial charge < -0.3 is 10.2 Å². The third-order valence-electron chi connectivity index (χ3n) is 4.24. The minimum absolute atomic E-state index is 0.0105. The second kappa shape index (κ2) is 5.31. The Balaban J connectivity index is 1.80. The van der Waals surface area contributed by atoms with Gasteiger partial charge >= 0.3 is 0 Å². The van der Waals surface area contributed by atoms with Gasteiger partial charge in [-0.2, -0.15) is 0 Å². The van der Waals surface area contributed by atoms with E-state index in [1.54, 1.807) is 0 Å². The molecule has 0 aliphatic carbocycles. The van der Waals surface area contributed by atoms with Gasteiger partial charge in [-0.3, -0.25) is 10.1 Å². The molecule has 1 fully saturated rings. The van der Waals surface area contributed by atoms with Crippen LogP contribution in [0.4, 0.5) is 5.69 Å². The Morgan fingerprint density at radius 1 is 0.955 bits per heavy atom. The third kappa shape index (κ3) is 2.09. The number of nitrogens with one attached hydrogen (secondary N) is 2. The molecule has 2 atom stereocenters. The first-order chi connectivity index (χ1) is 10.8. The first-order valence-corrected chi connectivity index (χ1v) is 7.46. The number of carbonyl (C=O) groups excluding carboxylic acids is 1. The normalized spacial score (nSPS) is 23.7. The van der Waals surface area contributed by atoms with Crippen LogP contribution in [-0.2, 0) is 4.79 Å². The van der Waals surface area contributed by atoms with Crippen LogP contribution < -0.4 is 15.5 Å². The van der Waals surface area contributed by atoms with E-state index < -0.39 is 0 Å². The predicted octanol–water partition coefficient (Wildman–Crippen LogP) is 1.96. The van der Waals surface area contributed by atoms with Crippen molar-refractivity contribution in [2.45, 2.75) is 12.1 Å². The largest absolute Gasteiger partial charge is 0.342 e. The minimum Gasteiger partial charge on any atom is -0.342 e. The SMILES string of the molecule is O=C1NCNC2C(c3ccccc3)=CN(c3ccccc3)C12. The second-order valence-corrected chi connectivity index (χ2v) is 5.54. The highest BCUT2D eigenvalue weighted by molar-refractivity contribution is 5.95. The standard InChI is InChI=1S/C18H17N3O/c22-18-17-16(19-12-20-18)15(13-7-3-1-4-8-13)11-21(17)14-9-5-2-6-10-14/h1-11,16-17,19H,12H2,(H,20,22). The van der Waals surface area contributed by atoms with Gasteiger partial charge in [0.25, 0.3) is 0 Å². The summed E-state index contributed by atoms with van der Waals surface area (Å²) < 4.78 is 0. The lowest BCUT2D eigenvalue weighted by Crippen LogP contribution is -2.61. The highest BCUT2D eigenvalue weighted by atomic mass is 16.2. The van der Waals surface area contributed by atoms with Crippen LogP contribution >= 0.6 is 0 Å². The molecule has 1 amide bonds. The summed E-state index contributed by atoms with van der Waals surface area (Å²) in [6.07, 6.45) is 2.10. The van der Waals surface area contributed by atoms with Gasteiger partial charge in [0.15, 0.2) is 0 Å². The molecule has 1 saturated heterocycles. The van der Waals surface area contributed by atoms with Crippen LogP contribution in [0.15, 0.2) is 66.9 Å². The topological polar surface area (TPSA) is 44.4 Å². The summed E-state index contributed by atoms with van der Waals surface area (Å²) in [4.78, 5) is 14.5. The number of hydrogen-bond acceptors (Lipinski definition) is 3. The zero-order valence-corrected chi connectivity index (χ0v) is 12.1. The molecule has 4 heteroatoms. The van der Waals surface area contributed by atoms with Gasteiger partial charge in [0.2, 0.25) is 5.91 Å². The number of amides is 1. The van der Waals surface area contributed by atoms with Gasteiger partial charge in [-0.05, 0) is 23.3 Å². The lowest BCUT2D eigenvalue weighted by atomic mass is 9.95. The molecule has 0 bridgehead atoms. The summed E-state index contributed by atoms with van der Waals surface area (Å²) in [5, 5.41) is 6.32. The van der Waals surface area contributed by atoms with Crippen LogP contribution in [0, 0.1) is 0 Å². The monoisotopic (exact) mass is 291 g/mol. The molecule has 2 aromatic carbocycles. The van der Waals surface area contributed by atoms with Crippen LogP contribution in [0.5, 0.6) is 0 Å². The molecule has 0 spiro atoms. The van der Waals surface area contributed by atoms with Crippen molar-refractivity contribution >= 4 is 17.2 Å². The van der Waals surface area contributed by atoms with E-state index in [0.29, 0.717) is 6.67 Å². The fourth-order valence-electron chi connectivity index (χ4n) is 3.21. The maximum atomic E-state index is 12.4. The van der Waals surface area contributed by atoms with Crippen LogP contribution in [0.25, 0.3) is 5.57 Å². The van der Waals surface area contributed by atoms with Gasteiger partial charge in [-0.25, -0.2) is 0 Å². The van der Waals surface area contributed by atoms with Crippen molar-refractivity contribution in [2.75, 3.05) is 11.6 Å². The highest BCUT2D eigenvalue weighted by Crippen LogP contribution is 2.34. The second-order valence-electron chi connectivity index (χ2n) is 5.54. The number of benzene rings is 2. The van der Waals surface area contributed by atoms with Gasteiger partial charge in [0.05, 0.1) is 12.7 Å². The molecule has 4 nitrogen and oxygen atoms in total. The molecule has 0 aromatic heterocycles. The Bertz CT molecular complexity index is 712. The van der Waals surface area contributed by atoms with Crippen molar-refractivity contribution in [3.63, 3.8) is 0 Å². The molecule has 2 aliphatic heterocycles. The maximum Gasteiger partial charge on any atom is 0.246 e. The number of carbonyl (C=O) groups is 1. The van der Waals surface area contributed by atoms with Gasteiger partial charge in [0.1, 0.15) is 6.04 Å². The number of nitrogens with zero attached hydrogens (tertiary/aromatic N) is 1. The summed E-state index contributed by atoms with van der Waals surface area (Å²) in [6.45, 7) is 0.507. The van der Waals surface area contributed by atoms with Crippen LogP contribution in [-0.4, -0.2) is 24.7 Å². The molecule has 2 aliphatic rings. The maximum absolute atomic E-state index is 12.4. The molecule has 110 valence electrons. The summed E-state index contributed by atoms with van der Waals surface area (Å²) in [5.74, 6) is 0.0646. The van der Waals surface area contributed by atoms with Crippen LogP contribution in [0.3, 0.4) is 0 Å². The van der Waals surface area contributed by atoms with Crippen molar-refractivity contribution in [1.82, 2.24) is 10.6 Å². The fourth-order valence-corrected chi connectivity index (χ4v) is 3.21. The van der Waals surface area contributed by atoms with E-state index in [1.165, 1.54) is 0 Å². The zero-order valence-electron chi connectivity index (χ0n) is 12.1. The Kier molecular flexibility index (Phi) is 3.16. The Labute approximate surface area is 129 Å². The highest BCUT2D eigenvalue weighted by Gasteiger charge is 2.43. The lowest BCUT2D eigenvalue weighted by Gasteiger charge is -2.33. The van der Waals surface area contributed by atoms with Gasteiger partial charge in [-0.1, -0.05) is 48.5 Å². The van der Waals surface area contributed by atoms with E-state index in [0.717, 1.165) is 16.8 Å². The molecule has 2 N–H and O–H groups in total. The van der Waals surface area contributed by atoms with Crippen LogP contribution in [0.1, 0.15) is 5.56 Å². The predicted molar refractivity (Wildman–Crippen MR) is 87.1 cm³/mol. The van der Waals surface area contributed by atoms with Gasteiger partial charge in [0, 0.05) is 11.9 Å². The average molecular weight is 291 g/mol. The lowest BCUT2D eigenvalue weighted by molar-refractivity contribution is -0.123. The number of hydrogen-bond donors (Lipinski definition) is 2. The van der Waals surface area contributed by atoms with E-state index in [9.17, 15) is 4.79 Å². The van der Waals surface area contributed by atoms with Crippen molar-refractivity contribution < 1.29 is 4.79 Å². The third-order valence-corrected chi connectivity index (χ3v) is 4.24. The summed E-state index contributed by atoms with van der Waals surface area (Å²) >= 11 is 0. The van der Waals surface area contributed by atoms with Crippen LogP contribution in [0.2, 0.25) is 0 Å². The summed E-state index contributed by atoms with van der Waals surface area (Å²) in [7, 11) is 0. The first kappa shape index (κ1) is 13.1. The number of rotatable bonds is 2. The van der Waals surface area contributed by atoms with E-state index >= 15 is 0 Å². The summed E-state index contributed by atoms with van der Waals surface area (Å²) in [5.41, 5.74) is 3.34. The van der Waals surface area contributed by atoms with E-state index in [1.807, 2.05) is 48.5 Å². The molecular weight excluding hydrogens is 274 g/mol. The Hall–Kier alpha value is -2.59. The number of para-hydroxylation sites is 1.